The molecule has 1 nitrogen and oxygen atoms in total. The maximum absolute atomic E-state index is 12.9. The SMILES string of the molecule is Cc1ccc(C(C)NC2(C(F)(F)F)CC2)c(C)c1. The van der Waals surface area contributed by atoms with E-state index in [0.29, 0.717) is 0 Å². The molecule has 18 heavy (non-hydrogen) atoms. The van der Waals surface area contributed by atoms with Crippen LogP contribution in [-0.4, -0.2) is 11.7 Å². The van der Waals surface area contributed by atoms with Crippen LogP contribution in [0.2, 0.25) is 0 Å². The van der Waals surface area contributed by atoms with Gasteiger partial charge in [0, 0.05) is 6.04 Å². The predicted octanol–water partition coefficient (Wildman–Crippen LogP) is 4.05. The van der Waals surface area contributed by atoms with Gasteiger partial charge in [0.2, 0.25) is 0 Å². The minimum atomic E-state index is -4.15. The van der Waals surface area contributed by atoms with E-state index in [-0.39, 0.29) is 18.9 Å². The Balaban J connectivity index is 2.16. The highest BCUT2D eigenvalue weighted by Gasteiger charge is 2.63. The van der Waals surface area contributed by atoms with Crippen LogP contribution in [0.25, 0.3) is 0 Å². The van der Waals surface area contributed by atoms with Crippen LogP contribution in [-0.2, 0) is 0 Å². The molecule has 1 fully saturated rings. The minimum absolute atomic E-state index is 0.186. The van der Waals surface area contributed by atoms with Gasteiger partial charge in [-0.1, -0.05) is 23.8 Å². The number of rotatable bonds is 3. The Hall–Kier alpha value is -1.03. The molecule has 0 aromatic heterocycles. The van der Waals surface area contributed by atoms with Gasteiger partial charge >= 0.3 is 6.18 Å². The molecule has 1 aromatic carbocycles. The van der Waals surface area contributed by atoms with E-state index in [0.717, 1.165) is 16.7 Å². The number of benzene rings is 1. The lowest BCUT2D eigenvalue weighted by Crippen LogP contribution is -2.46. The molecule has 1 aromatic rings. The fourth-order valence-corrected chi connectivity index (χ4v) is 2.44. The number of halogens is 3. The second-order valence-corrected chi connectivity index (χ2v) is 5.31. The lowest BCUT2D eigenvalue weighted by atomic mass is 9.99. The van der Waals surface area contributed by atoms with E-state index in [1.807, 2.05) is 32.0 Å². The molecule has 1 saturated carbocycles. The Bertz CT molecular complexity index is 447. The zero-order valence-corrected chi connectivity index (χ0v) is 10.9. The largest absolute Gasteiger partial charge is 0.406 e. The van der Waals surface area contributed by atoms with E-state index in [1.165, 1.54) is 0 Å². The lowest BCUT2D eigenvalue weighted by Gasteiger charge is -2.26. The van der Waals surface area contributed by atoms with Crippen LogP contribution < -0.4 is 5.32 Å². The number of hydrogen-bond acceptors (Lipinski definition) is 1. The summed E-state index contributed by atoms with van der Waals surface area (Å²) in [5.74, 6) is 0. The molecule has 0 bridgehead atoms. The fraction of sp³-hybridized carbons (Fsp3) is 0.571. The van der Waals surface area contributed by atoms with Crippen molar-refractivity contribution in [2.45, 2.75) is 51.4 Å². The minimum Gasteiger partial charge on any atom is -0.297 e. The van der Waals surface area contributed by atoms with Gasteiger partial charge in [-0.05, 0) is 44.7 Å². The molecule has 1 aliphatic carbocycles. The first-order valence-electron chi connectivity index (χ1n) is 6.17. The first-order valence-corrected chi connectivity index (χ1v) is 6.17. The second-order valence-electron chi connectivity index (χ2n) is 5.31. The van der Waals surface area contributed by atoms with Gasteiger partial charge in [-0.3, -0.25) is 5.32 Å². The number of nitrogens with one attached hydrogen (secondary N) is 1. The summed E-state index contributed by atoms with van der Waals surface area (Å²) in [6.07, 6.45) is -3.78. The molecule has 4 heteroatoms. The smallest absolute Gasteiger partial charge is 0.297 e. The van der Waals surface area contributed by atoms with Crippen molar-refractivity contribution in [2.75, 3.05) is 0 Å². The molecule has 0 spiro atoms. The van der Waals surface area contributed by atoms with Gasteiger partial charge < -0.3 is 0 Å². The fourth-order valence-electron chi connectivity index (χ4n) is 2.44. The highest BCUT2D eigenvalue weighted by atomic mass is 19.4. The van der Waals surface area contributed by atoms with E-state index in [4.69, 9.17) is 0 Å². The highest BCUT2D eigenvalue weighted by Crippen LogP contribution is 2.50. The summed E-state index contributed by atoms with van der Waals surface area (Å²) >= 11 is 0. The van der Waals surface area contributed by atoms with Crippen molar-refractivity contribution >= 4 is 0 Å². The maximum Gasteiger partial charge on any atom is 0.406 e. The van der Waals surface area contributed by atoms with E-state index in [9.17, 15) is 13.2 Å². The van der Waals surface area contributed by atoms with Crippen molar-refractivity contribution in [3.8, 4) is 0 Å². The Morgan fingerprint density at radius 1 is 1.22 bits per heavy atom. The van der Waals surface area contributed by atoms with E-state index in [1.54, 1.807) is 6.92 Å². The van der Waals surface area contributed by atoms with Crippen molar-refractivity contribution in [3.63, 3.8) is 0 Å². The van der Waals surface area contributed by atoms with Gasteiger partial charge in [-0.15, -0.1) is 0 Å². The molecule has 1 atom stereocenters. The van der Waals surface area contributed by atoms with E-state index >= 15 is 0 Å². The topological polar surface area (TPSA) is 12.0 Å². The van der Waals surface area contributed by atoms with Gasteiger partial charge in [0.15, 0.2) is 0 Å². The predicted molar refractivity (Wildman–Crippen MR) is 65.5 cm³/mol. The van der Waals surface area contributed by atoms with Crippen molar-refractivity contribution in [1.29, 1.82) is 0 Å². The Labute approximate surface area is 105 Å². The first kappa shape index (κ1) is 13.4. The molecule has 0 heterocycles. The van der Waals surface area contributed by atoms with Crippen LogP contribution in [0, 0.1) is 13.8 Å². The number of hydrogen-bond donors (Lipinski definition) is 1. The van der Waals surface area contributed by atoms with Gasteiger partial charge in [0.05, 0.1) is 0 Å². The molecule has 1 aliphatic rings. The Kier molecular flexibility index (Phi) is 3.18. The maximum atomic E-state index is 12.9. The summed E-state index contributed by atoms with van der Waals surface area (Å²) in [5.41, 5.74) is 1.45. The second kappa shape index (κ2) is 4.26. The molecule has 0 aliphatic heterocycles. The monoisotopic (exact) mass is 257 g/mol. The highest BCUT2D eigenvalue weighted by molar-refractivity contribution is 5.33. The normalized spacial score (nSPS) is 19.7. The number of aryl methyl sites for hydroxylation is 2. The van der Waals surface area contributed by atoms with Crippen LogP contribution in [0.4, 0.5) is 13.2 Å². The summed E-state index contributed by atoms with van der Waals surface area (Å²) in [6.45, 7) is 5.71. The summed E-state index contributed by atoms with van der Waals surface area (Å²) in [5, 5.41) is 2.76. The quantitative estimate of drug-likeness (QED) is 0.861. The summed E-state index contributed by atoms with van der Waals surface area (Å²) in [6, 6.07) is 5.57. The lowest BCUT2D eigenvalue weighted by molar-refractivity contribution is -0.167. The Morgan fingerprint density at radius 2 is 1.83 bits per heavy atom. The van der Waals surface area contributed by atoms with Crippen LogP contribution in [0.5, 0.6) is 0 Å². The van der Waals surface area contributed by atoms with Gasteiger partial charge in [0.1, 0.15) is 5.54 Å². The Morgan fingerprint density at radius 3 is 2.28 bits per heavy atom. The summed E-state index contributed by atoms with van der Waals surface area (Å²) in [7, 11) is 0. The molecule has 0 amide bonds. The van der Waals surface area contributed by atoms with Gasteiger partial charge in [0.25, 0.3) is 0 Å². The third kappa shape index (κ3) is 2.39. The average molecular weight is 257 g/mol. The van der Waals surface area contributed by atoms with Gasteiger partial charge in [-0.25, -0.2) is 0 Å². The third-order valence-electron chi connectivity index (χ3n) is 3.68. The molecule has 1 unspecified atom stereocenters. The molecule has 2 rings (SSSR count). The average Bonchev–Trinajstić information content (AvgIpc) is 2.97. The molecule has 0 radical (unpaired) electrons. The van der Waals surface area contributed by atoms with E-state index < -0.39 is 11.7 Å². The molecular formula is C14H18F3N. The van der Waals surface area contributed by atoms with Crippen molar-refractivity contribution in [2.24, 2.45) is 0 Å². The molecule has 0 saturated heterocycles. The van der Waals surface area contributed by atoms with Crippen molar-refractivity contribution < 1.29 is 13.2 Å². The standard InChI is InChI=1S/C14H18F3N/c1-9-4-5-12(10(2)8-9)11(3)18-13(6-7-13)14(15,16)17/h4-5,8,11,18H,6-7H2,1-3H3. The number of alkyl halides is 3. The molecule has 100 valence electrons. The van der Waals surface area contributed by atoms with Gasteiger partial charge in [-0.2, -0.15) is 13.2 Å². The van der Waals surface area contributed by atoms with Crippen LogP contribution in [0.3, 0.4) is 0 Å². The van der Waals surface area contributed by atoms with Crippen LogP contribution in [0.1, 0.15) is 42.5 Å². The summed E-state index contributed by atoms with van der Waals surface area (Å²) < 4.78 is 38.6. The summed E-state index contributed by atoms with van der Waals surface area (Å²) in [4.78, 5) is 0. The molecular weight excluding hydrogens is 239 g/mol. The van der Waals surface area contributed by atoms with Crippen molar-refractivity contribution in [3.05, 3.63) is 34.9 Å². The third-order valence-corrected chi connectivity index (χ3v) is 3.68. The zero-order chi connectivity index (χ0) is 13.6. The van der Waals surface area contributed by atoms with Crippen LogP contribution in [0.15, 0.2) is 18.2 Å². The van der Waals surface area contributed by atoms with Crippen LogP contribution >= 0.6 is 0 Å². The van der Waals surface area contributed by atoms with E-state index in [2.05, 4.69) is 5.32 Å². The zero-order valence-electron chi connectivity index (χ0n) is 10.9. The van der Waals surface area contributed by atoms with Crippen molar-refractivity contribution in [1.82, 2.24) is 5.32 Å². The molecule has 1 N–H and O–H groups in total. The first-order chi connectivity index (χ1) is 8.25.